The van der Waals surface area contributed by atoms with Gasteiger partial charge >= 0.3 is 0 Å². The average Bonchev–Trinajstić information content (AvgIpc) is 3.30. The zero-order chi connectivity index (χ0) is 20.9. The number of nitrogens with one attached hydrogen (secondary N) is 2. The molecule has 2 aromatic heterocycles. The van der Waals surface area contributed by atoms with E-state index in [4.69, 9.17) is 4.74 Å². The summed E-state index contributed by atoms with van der Waals surface area (Å²) in [6, 6.07) is 15.4. The van der Waals surface area contributed by atoms with Gasteiger partial charge in [-0.15, -0.1) is 0 Å². The number of aryl methyl sites for hydroxylation is 1. The number of nitrogens with zero attached hydrogens (tertiary/aromatic N) is 2. The molecule has 4 rings (SSSR count). The number of benzene rings is 2. The maximum atomic E-state index is 14.3. The summed E-state index contributed by atoms with van der Waals surface area (Å²) >= 11 is 0. The van der Waals surface area contributed by atoms with E-state index in [-0.39, 0.29) is 5.91 Å². The minimum absolute atomic E-state index is 0.291. The second-order valence-corrected chi connectivity index (χ2v) is 6.67. The largest absolute Gasteiger partial charge is 0.487 e. The van der Waals surface area contributed by atoms with Crippen LogP contribution in [0.1, 0.15) is 21.6 Å². The molecule has 0 atom stereocenters. The molecular formula is C23H19FN4O2. The first-order chi connectivity index (χ1) is 14.6. The third-order valence-electron chi connectivity index (χ3n) is 4.54. The lowest BCUT2D eigenvalue weighted by atomic mass is 10.1. The van der Waals surface area contributed by atoms with Gasteiger partial charge in [-0.1, -0.05) is 6.07 Å². The summed E-state index contributed by atoms with van der Waals surface area (Å²) in [5.41, 5.74) is 2.70. The van der Waals surface area contributed by atoms with Gasteiger partial charge < -0.3 is 15.0 Å². The van der Waals surface area contributed by atoms with Gasteiger partial charge in [-0.25, -0.2) is 9.37 Å². The number of amides is 1. The number of H-pyrrole nitrogens is 1. The molecule has 6 nitrogen and oxygen atoms in total. The van der Waals surface area contributed by atoms with Crippen LogP contribution in [0.2, 0.25) is 0 Å². The number of ether oxygens (including phenoxy) is 1. The first-order valence-corrected chi connectivity index (χ1v) is 9.34. The molecule has 7 heteroatoms. The van der Waals surface area contributed by atoms with Gasteiger partial charge in [0, 0.05) is 29.8 Å². The maximum Gasteiger partial charge on any atom is 0.255 e. The van der Waals surface area contributed by atoms with Crippen molar-refractivity contribution in [3.05, 3.63) is 95.8 Å². The minimum atomic E-state index is -0.408. The van der Waals surface area contributed by atoms with Crippen LogP contribution in [0, 0.1) is 12.7 Å². The van der Waals surface area contributed by atoms with Crippen molar-refractivity contribution in [3.63, 3.8) is 0 Å². The van der Waals surface area contributed by atoms with Crippen LogP contribution in [0.15, 0.2) is 73.2 Å². The molecule has 0 aliphatic heterocycles. The molecule has 150 valence electrons. The SMILES string of the molecule is Cc1cc(F)c(-c2ncc[nH]2)cc1NC(=O)c1ccc(OCc2ccccn2)cc1. The van der Waals surface area contributed by atoms with Crippen LogP contribution in [0.5, 0.6) is 5.75 Å². The maximum absolute atomic E-state index is 14.3. The number of aromatic amines is 1. The number of anilines is 1. The first-order valence-electron chi connectivity index (χ1n) is 9.34. The fraction of sp³-hybridized carbons (Fsp3) is 0.0870. The van der Waals surface area contributed by atoms with Crippen LogP contribution in [-0.4, -0.2) is 20.9 Å². The van der Waals surface area contributed by atoms with Gasteiger partial charge in [-0.2, -0.15) is 0 Å². The molecule has 2 heterocycles. The van der Waals surface area contributed by atoms with Crippen molar-refractivity contribution in [2.75, 3.05) is 5.32 Å². The van der Waals surface area contributed by atoms with E-state index in [1.807, 2.05) is 18.2 Å². The van der Waals surface area contributed by atoms with E-state index in [2.05, 4.69) is 20.3 Å². The van der Waals surface area contributed by atoms with Crippen LogP contribution >= 0.6 is 0 Å². The quantitative estimate of drug-likeness (QED) is 0.488. The monoisotopic (exact) mass is 402 g/mol. The molecular weight excluding hydrogens is 383 g/mol. The highest BCUT2D eigenvalue weighted by Crippen LogP contribution is 2.27. The van der Waals surface area contributed by atoms with E-state index in [9.17, 15) is 9.18 Å². The van der Waals surface area contributed by atoms with Crippen molar-refractivity contribution >= 4 is 11.6 Å². The Morgan fingerprint density at radius 1 is 1.10 bits per heavy atom. The summed E-state index contributed by atoms with van der Waals surface area (Å²) in [6.07, 6.45) is 4.87. The van der Waals surface area contributed by atoms with Crippen molar-refractivity contribution in [2.24, 2.45) is 0 Å². The summed E-state index contributed by atoms with van der Waals surface area (Å²) in [5.74, 6) is 0.328. The predicted octanol–water partition coefficient (Wildman–Crippen LogP) is 4.75. The normalized spacial score (nSPS) is 10.6. The number of pyridine rings is 1. The van der Waals surface area contributed by atoms with Crippen LogP contribution in [0.4, 0.5) is 10.1 Å². The Bertz CT molecular complexity index is 1140. The summed E-state index contributed by atoms with van der Waals surface area (Å²) in [7, 11) is 0. The molecule has 0 bridgehead atoms. The number of carbonyl (C=O) groups excluding carboxylic acids is 1. The van der Waals surface area contributed by atoms with Crippen molar-refractivity contribution < 1.29 is 13.9 Å². The van der Waals surface area contributed by atoms with Gasteiger partial charge in [0.25, 0.3) is 5.91 Å². The molecule has 0 aliphatic rings. The number of hydrogen-bond acceptors (Lipinski definition) is 4. The summed E-state index contributed by atoms with van der Waals surface area (Å²) in [4.78, 5) is 23.8. The molecule has 30 heavy (non-hydrogen) atoms. The number of aromatic nitrogens is 3. The van der Waals surface area contributed by atoms with Crippen LogP contribution in [-0.2, 0) is 6.61 Å². The van der Waals surface area contributed by atoms with E-state index in [1.54, 1.807) is 55.8 Å². The van der Waals surface area contributed by atoms with Gasteiger partial charge in [0.1, 0.15) is 24.0 Å². The second kappa shape index (κ2) is 8.57. The summed E-state index contributed by atoms with van der Waals surface area (Å²) < 4.78 is 20.0. The highest BCUT2D eigenvalue weighted by atomic mass is 19.1. The molecule has 0 fully saturated rings. The molecule has 2 aromatic carbocycles. The molecule has 0 unspecified atom stereocenters. The second-order valence-electron chi connectivity index (χ2n) is 6.67. The number of halogens is 1. The van der Waals surface area contributed by atoms with Crippen molar-refractivity contribution in [3.8, 4) is 17.1 Å². The zero-order valence-corrected chi connectivity index (χ0v) is 16.2. The lowest BCUT2D eigenvalue weighted by Gasteiger charge is -2.12. The Morgan fingerprint density at radius 2 is 1.93 bits per heavy atom. The highest BCUT2D eigenvalue weighted by molar-refractivity contribution is 6.05. The predicted molar refractivity (Wildman–Crippen MR) is 112 cm³/mol. The van der Waals surface area contributed by atoms with Gasteiger partial charge in [-0.05, 0) is 61.0 Å². The zero-order valence-electron chi connectivity index (χ0n) is 16.2. The number of carbonyl (C=O) groups is 1. The summed E-state index contributed by atoms with van der Waals surface area (Å²) in [5, 5.41) is 2.84. The Hall–Kier alpha value is -4.00. The van der Waals surface area contributed by atoms with Crippen molar-refractivity contribution in [1.82, 2.24) is 15.0 Å². The fourth-order valence-electron chi connectivity index (χ4n) is 2.94. The van der Waals surface area contributed by atoms with E-state index in [0.717, 1.165) is 5.69 Å². The molecule has 0 saturated heterocycles. The standard InChI is InChI=1S/C23H19FN4O2/c1-15-12-20(24)19(22-26-10-11-27-22)13-21(15)28-23(29)16-5-7-18(8-6-16)30-14-17-4-2-3-9-25-17/h2-13H,14H2,1H3,(H,26,27)(H,28,29). The summed E-state index contributed by atoms with van der Waals surface area (Å²) in [6.45, 7) is 2.08. The van der Waals surface area contributed by atoms with Gasteiger partial charge in [-0.3, -0.25) is 9.78 Å². The molecule has 2 N–H and O–H groups in total. The third-order valence-corrected chi connectivity index (χ3v) is 4.54. The number of hydrogen-bond donors (Lipinski definition) is 2. The van der Waals surface area contributed by atoms with Gasteiger partial charge in [0.15, 0.2) is 0 Å². The molecule has 0 spiro atoms. The topological polar surface area (TPSA) is 79.9 Å². The average molecular weight is 402 g/mol. The lowest BCUT2D eigenvalue weighted by molar-refractivity contribution is 0.102. The molecule has 0 aliphatic carbocycles. The van der Waals surface area contributed by atoms with Gasteiger partial charge in [0.05, 0.1) is 11.3 Å². The van der Waals surface area contributed by atoms with E-state index >= 15 is 0 Å². The number of rotatable bonds is 6. The van der Waals surface area contributed by atoms with Crippen LogP contribution in [0.3, 0.4) is 0 Å². The first kappa shape index (κ1) is 19.3. The molecule has 0 radical (unpaired) electrons. The van der Waals surface area contributed by atoms with Crippen molar-refractivity contribution in [1.29, 1.82) is 0 Å². The Kier molecular flexibility index (Phi) is 5.52. The van der Waals surface area contributed by atoms with E-state index in [1.165, 1.54) is 6.07 Å². The van der Waals surface area contributed by atoms with Crippen molar-refractivity contribution in [2.45, 2.75) is 13.5 Å². The van der Waals surface area contributed by atoms with Gasteiger partial charge in [0.2, 0.25) is 0 Å². The Balaban J connectivity index is 1.45. The third kappa shape index (κ3) is 4.35. The minimum Gasteiger partial charge on any atom is -0.487 e. The molecule has 4 aromatic rings. The van der Waals surface area contributed by atoms with E-state index < -0.39 is 5.82 Å². The van der Waals surface area contributed by atoms with Crippen LogP contribution in [0.25, 0.3) is 11.4 Å². The van der Waals surface area contributed by atoms with Crippen LogP contribution < -0.4 is 10.1 Å². The van der Waals surface area contributed by atoms with E-state index in [0.29, 0.717) is 40.6 Å². The number of imidazole rings is 1. The molecule has 1 amide bonds. The fourth-order valence-corrected chi connectivity index (χ4v) is 2.94. The molecule has 0 saturated carbocycles. The Labute approximate surface area is 172 Å². The highest BCUT2D eigenvalue weighted by Gasteiger charge is 2.14. The Morgan fingerprint density at radius 3 is 2.63 bits per heavy atom. The smallest absolute Gasteiger partial charge is 0.255 e. The lowest BCUT2D eigenvalue weighted by Crippen LogP contribution is -2.13.